The normalized spacial score (nSPS) is 13.6. The zero-order valence-corrected chi connectivity index (χ0v) is 19.4. The monoisotopic (exact) mass is 480 g/mol. The van der Waals surface area contributed by atoms with Crippen LogP contribution in [0.2, 0.25) is 0 Å². The van der Waals surface area contributed by atoms with Gasteiger partial charge in [-0.2, -0.15) is 0 Å². The van der Waals surface area contributed by atoms with Gasteiger partial charge in [-0.3, -0.25) is 24.0 Å². The van der Waals surface area contributed by atoms with Crippen molar-refractivity contribution in [1.29, 1.82) is 0 Å². The molecule has 0 bridgehead atoms. The molecule has 182 valence electrons. The number of hydrogen-bond acceptors (Lipinski definition) is 7. The maximum Gasteiger partial charge on any atom is 0.244 e. The van der Waals surface area contributed by atoms with E-state index in [1.807, 2.05) is 17.5 Å². The van der Waals surface area contributed by atoms with Crippen LogP contribution in [-0.4, -0.2) is 54.2 Å². The van der Waals surface area contributed by atoms with Crippen LogP contribution in [0.25, 0.3) is 6.08 Å². The highest BCUT2D eigenvalue weighted by Crippen LogP contribution is 2.10. The minimum Gasteiger partial charge on any atom is -0.368 e. The van der Waals surface area contributed by atoms with Gasteiger partial charge in [-0.25, -0.2) is 0 Å². The fourth-order valence-corrected chi connectivity index (χ4v) is 3.39. The van der Waals surface area contributed by atoms with Gasteiger partial charge in [-0.05, 0) is 56.7 Å². The zero-order chi connectivity index (χ0) is 24.8. The molecule has 2 unspecified atom stereocenters. The molecular formula is C21H32N6O5S. The Bertz CT molecular complexity index is 842. The van der Waals surface area contributed by atoms with E-state index in [0.29, 0.717) is 25.8 Å². The number of nitrogens with two attached hydrogens (primary N) is 3. The first kappa shape index (κ1) is 27.8. The van der Waals surface area contributed by atoms with Crippen LogP contribution in [0.3, 0.4) is 0 Å². The Kier molecular flexibility index (Phi) is 12.4. The van der Waals surface area contributed by atoms with E-state index in [9.17, 15) is 24.0 Å². The minimum absolute atomic E-state index is 0.0832. The molecule has 33 heavy (non-hydrogen) atoms. The van der Waals surface area contributed by atoms with Crippen molar-refractivity contribution in [2.75, 3.05) is 6.54 Å². The maximum absolute atomic E-state index is 12.4. The van der Waals surface area contributed by atoms with Gasteiger partial charge in [0.2, 0.25) is 29.5 Å². The van der Waals surface area contributed by atoms with E-state index in [1.54, 1.807) is 6.08 Å². The molecule has 1 rings (SSSR count). The van der Waals surface area contributed by atoms with Gasteiger partial charge < -0.3 is 33.2 Å². The summed E-state index contributed by atoms with van der Waals surface area (Å²) in [6.45, 7) is 1.92. The van der Waals surface area contributed by atoms with Crippen molar-refractivity contribution < 1.29 is 24.0 Å². The highest BCUT2D eigenvalue weighted by Gasteiger charge is 2.24. The van der Waals surface area contributed by atoms with Crippen LogP contribution in [0.5, 0.6) is 0 Å². The molecule has 0 fully saturated rings. The van der Waals surface area contributed by atoms with Crippen molar-refractivity contribution in [2.45, 2.75) is 57.2 Å². The lowest BCUT2D eigenvalue weighted by Gasteiger charge is -2.20. The number of hydrogen-bond donors (Lipinski definition) is 6. The Morgan fingerprint density at radius 3 is 2.24 bits per heavy atom. The summed E-state index contributed by atoms with van der Waals surface area (Å²) in [6, 6.07) is 0.766. The smallest absolute Gasteiger partial charge is 0.244 e. The average Bonchev–Trinajstić information content (AvgIpc) is 3.27. The number of carbonyl (C=O) groups is 5. The molecule has 0 saturated carbocycles. The number of primary amides is 2. The van der Waals surface area contributed by atoms with Crippen molar-refractivity contribution in [1.82, 2.24) is 16.0 Å². The average molecular weight is 481 g/mol. The number of carbonyl (C=O) groups excluding carboxylic acids is 5. The van der Waals surface area contributed by atoms with Gasteiger partial charge >= 0.3 is 0 Å². The highest BCUT2D eigenvalue weighted by atomic mass is 32.1. The van der Waals surface area contributed by atoms with E-state index < -0.39 is 47.7 Å². The first-order valence-corrected chi connectivity index (χ1v) is 11.4. The lowest BCUT2D eigenvalue weighted by molar-refractivity contribution is -0.131. The lowest BCUT2D eigenvalue weighted by Crippen LogP contribution is -2.52. The number of unbranched alkanes of at least 4 members (excludes halogenated alkanes) is 1. The van der Waals surface area contributed by atoms with E-state index in [0.717, 1.165) is 4.88 Å². The van der Waals surface area contributed by atoms with E-state index in [2.05, 4.69) is 16.0 Å². The van der Waals surface area contributed by atoms with Crippen LogP contribution in [0, 0.1) is 0 Å². The topological polar surface area (TPSA) is 200 Å². The molecule has 0 spiro atoms. The van der Waals surface area contributed by atoms with Crippen LogP contribution >= 0.6 is 11.3 Å². The Balaban J connectivity index is 2.53. The number of rotatable bonds is 15. The molecule has 1 heterocycles. The van der Waals surface area contributed by atoms with Crippen molar-refractivity contribution >= 4 is 46.9 Å². The van der Waals surface area contributed by atoms with E-state index in [1.165, 1.54) is 24.3 Å². The summed E-state index contributed by atoms with van der Waals surface area (Å²) in [7, 11) is 0. The van der Waals surface area contributed by atoms with Gasteiger partial charge in [0.15, 0.2) is 0 Å². The summed E-state index contributed by atoms with van der Waals surface area (Å²) < 4.78 is 0. The zero-order valence-electron chi connectivity index (χ0n) is 18.5. The third-order valence-corrected chi connectivity index (χ3v) is 5.48. The number of amides is 5. The molecule has 0 aliphatic rings. The molecule has 12 heteroatoms. The van der Waals surface area contributed by atoms with Crippen LogP contribution in [-0.2, 0) is 24.0 Å². The number of thiophene rings is 1. The molecule has 9 N–H and O–H groups in total. The fourth-order valence-electron chi connectivity index (χ4n) is 2.77. The quantitative estimate of drug-likeness (QED) is 0.139. The van der Waals surface area contributed by atoms with Crippen LogP contribution in [0.1, 0.15) is 43.9 Å². The Morgan fingerprint density at radius 1 is 1.00 bits per heavy atom. The van der Waals surface area contributed by atoms with E-state index >= 15 is 0 Å². The summed E-state index contributed by atoms with van der Waals surface area (Å²) in [6.07, 6.45) is 4.33. The van der Waals surface area contributed by atoms with Gasteiger partial charge in [0.1, 0.15) is 18.1 Å². The van der Waals surface area contributed by atoms with Gasteiger partial charge in [0, 0.05) is 17.4 Å². The Morgan fingerprint density at radius 2 is 1.67 bits per heavy atom. The molecule has 0 saturated heterocycles. The van der Waals surface area contributed by atoms with Crippen LogP contribution in [0.15, 0.2) is 23.6 Å². The second-order valence-corrected chi connectivity index (χ2v) is 8.37. The first-order valence-electron chi connectivity index (χ1n) is 10.5. The second-order valence-electron chi connectivity index (χ2n) is 7.39. The third-order valence-electron chi connectivity index (χ3n) is 4.64. The Hall–Kier alpha value is -3.25. The van der Waals surface area contributed by atoms with Crippen molar-refractivity contribution in [3.8, 4) is 0 Å². The summed E-state index contributed by atoms with van der Waals surface area (Å²) in [4.78, 5) is 60.6. The summed E-state index contributed by atoms with van der Waals surface area (Å²) in [5.74, 6) is -3.12. The molecule has 0 aliphatic heterocycles. The molecule has 3 atom stereocenters. The molecule has 0 aromatic carbocycles. The van der Waals surface area contributed by atoms with Crippen molar-refractivity contribution in [2.24, 2.45) is 17.2 Å². The Labute approximate surface area is 196 Å². The van der Waals surface area contributed by atoms with E-state index in [-0.39, 0.29) is 12.8 Å². The lowest BCUT2D eigenvalue weighted by atomic mass is 10.1. The van der Waals surface area contributed by atoms with Gasteiger partial charge in [-0.1, -0.05) is 6.07 Å². The van der Waals surface area contributed by atoms with Gasteiger partial charge in [0.25, 0.3) is 0 Å². The maximum atomic E-state index is 12.4. The molecule has 1 aromatic heterocycles. The molecule has 1 aromatic rings. The van der Waals surface area contributed by atoms with Crippen LogP contribution < -0.4 is 33.2 Å². The SMILES string of the molecule is CC(NC(=O)/C=C/c1cccs1)C(=O)N[C@@H](CCC(=O)NC(CCCCN)C(N)=O)C(N)=O. The predicted molar refractivity (Wildman–Crippen MR) is 125 cm³/mol. The predicted octanol–water partition coefficient (Wildman–Crippen LogP) is -0.885. The molecule has 11 nitrogen and oxygen atoms in total. The van der Waals surface area contributed by atoms with Gasteiger partial charge in [-0.15, -0.1) is 11.3 Å². The largest absolute Gasteiger partial charge is 0.368 e. The fraction of sp³-hybridized carbons (Fsp3) is 0.476. The third kappa shape index (κ3) is 11.3. The standard InChI is InChI=1S/C21H32N6O5S/c1-13(25-17(28)9-7-14-5-4-12-33-14)21(32)27-16(20(24)31)8-10-18(29)26-15(19(23)30)6-2-3-11-22/h4-5,7,9,12-13,15-16H,2-3,6,8,10-11,22H2,1H3,(H2,23,30)(H2,24,31)(H,25,28)(H,26,29)(H,27,32)/b9-7+/t13?,15?,16-/m0/s1. The van der Waals surface area contributed by atoms with Gasteiger partial charge in [0.05, 0.1) is 0 Å². The first-order chi connectivity index (χ1) is 15.6. The summed E-state index contributed by atoms with van der Waals surface area (Å²) in [5.41, 5.74) is 16.1. The second kappa shape index (κ2) is 14.7. The van der Waals surface area contributed by atoms with Crippen molar-refractivity contribution in [3.05, 3.63) is 28.5 Å². The summed E-state index contributed by atoms with van der Waals surface area (Å²) >= 11 is 1.46. The highest BCUT2D eigenvalue weighted by molar-refractivity contribution is 7.10. The molecule has 5 amide bonds. The number of nitrogens with one attached hydrogen (secondary N) is 3. The van der Waals surface area contributed by atoms with E-state index in [4.69, 9.17) is 17.2 Å². The van der Waals surface area contributed by atoms with Crippen LogP contribution in [0.4, 0.5) is 0 Å². The molecular weight excluding hydrogens is 448 g/mol. The minimum atomic E-state index is -1.13. The summed E-state index contributed by atoms with van der Waals surface area (Å²) in [5, 5.41) is 9.30. The molecule has 0 radical (unpaired) electrons. The van der Waals surface area contributed by atoms with Crippen molar-refractivity contribution in [3.63, 3.8) is 0 Å². The molecule has 0 aliphatic carbocycles.